The molecule has 2 aliphatic rings. The molecule has 234 valence electrons. The van der Waals surface area contributed by atoms with Gasteiger partial charge in [-0.15, -0.1) is 22.1 Å². The van der Waals surface area contributed by atoms with E-state index < -0.39 is 0 Å². The molecule has 50 heavy (non-hydrogen) atoms. The fourth-order valence-corrected chi connectivity index (χ4v) is 6.69. The zero-order chi connectivity index (χ0) is 31.9. The molecule has 2 aliphatic heterocycles. The van der Waals surface area contributed by atoms with Gasteiger partial charge in [-0.1, -0.05) is 146 Å². The largest absolute Gasteiger partial charge is 3.00 e. The zero-order valence-electron chi connectivity index (χ0n) is 27.5. The summed E-state index contributed by atoms with van der Waals surface area (Å²) in [7, 11) is 0. The van der Waals surface area contributed by atoms with Gasteiger partial charge in [0, 0.05) is 0 Å². The topological polar surface area (TPSA) is 54.0 Å². The van der Waals surface area contributed by atoms with E-state index in [4.69, 9.17) is 19.9 Å². The molecular formula is C45H31AlN4. The summed E-state index contributed by atoms with van der Waals surface area (Å²) in [5, 5.41) is 0. The number of aromatic nitrogens is 4. The van der Waals surface area contributed by atoms with Crippen LogP contribution in [0.5, 0.6) is 0 Å². The van der Waals surface area contributed by atoms with Crippen LogP contribution in [-0.4, -0.2) is 27.3 Å². The van der Waals surface area contributed by atoms with Crippen LogP contribution in [0.3, 0.4) is 0 Å². The monoisotopic (exact) mass is 654 g/mol. The molecule has 0 radical (unpaired) electrons. The number of fused-ring (bicyclic) bond motifs is 8. The van der Waals surface area contributed by atoms with E-state index in [0.29, 0.717) is 0 Å². The van der Waals surface area contributed by atoms with Crippen LogP contribution in [0.15, 0.2) is 146 Å². The van der Waals surface area contributed by atoms with Gasteiger partial charge >= 0.3 is 17.4 Å². The molecular weight excluding hydrogens is 624 g/mol. The van der Waals surface area contributed by atoms with Crippen LogP contribution < -0.4 is 9.97 Å². The first-order valence-corrected chi connectivity index (χ1v) is 16.1. The summed E-state index contributed by atoms with van der Waals surface area (Å²) in [5.74, 6) is 0. The van der Waals surface area contributed by atoms with Crippen LogP contribution in [0.1, 0.15) is 22.8 Å². The zero-order valence-corrected chi connectivity index (χ0v) is 28.7. The normalized spacial score (nSPS) is 11.5. The molecule has 9 rings (SSSR count). The minimum atomic E-state index is 0. The van der Waals surface area contributed by atoms with E-state index in [0.717, 1.165) is 89.4 Å². The van der Waals surface area contributed by atoms with Crippen molar-refractivity contribution in [3.8, 4) is 44.5 Å². The van der Waals surface area contributed by atoms with Gasteiger partial charge < -0.3 is 17.4 Å². The molecule has 0 aliphatic carbocycles. The smallest absolute Gasteiger partial charge is 0.657 e. The molecule has 5 heterocycles. The van der Waals surface area contributed by atoms with Gasteiger partial charge in [0.2, 0.25) is 0 Å². The first-order chi connectivity index (χ1) is 23.8. The van der Waals surface area contributed by atoms with Crippen molar-refractivity contribution in [2.45, 2.75) is 0 Å². The fourth-order valence-electron chi connectivity index (χ4n) is 6.69. The Hall–Kier alpha value is -5.99. The van der Waals surface area contributed by atoms with Crippen molar-refractivity contribution in [2.24, 2.45) is 0 Å². The minimum absolute atomic E-state index is 0. The first kappa shape index (κ1) is 32.6. The summed E-state index contributed by atoms with van der Waals surface area (Å²) in [6.45, 7) is 0. The molecule has 3 aromatic heterocycles. The van der Waals surface area contributed by atoms with Crippen molar-refractivity contribution in [2.75, 3.05) is 0 Å². The minimum Gasteiger partial charge on any atom is -0.657 e. The van der Waals surface area contributed by atoms with E-state index in [2.05, 4.69) is 146 Å². The van der Waals surface area contributed by atoms with Crippen molar-refractivity contribution in [3.63, 3.8) is 0 Å². The van der Waals surface area contributed by atoms with Gasteiger partial charge in [-0.05, 0) is 68.8 Å². The fraction of sp³-hybridized carbons (Fsp3) is 0. The maximum Gasteiger partial charge on any atom is 3.00 e. The van der Waals surface area contributed by atoms with E-state index in [1.807, 2.05) is 24.3 Å². The Bertz CT molecular complexity index is 2180. The van der Waals surface area contributed by atoms with Crippen LogP contribution in [0.25, 0.3) is 90.9 Å². The molecule has 0 spiro atoms. The Balaban J connectivity index is 0.00000196. The SMILES string of the molecule is C1=Cc2nc1c(-c1ccccc1)c1ccc([n-]1)c(-c1ccccc1)c1nc(c(-c3ccccc3)c3ccc([n-]3)c2-c2ccccc2)C=C1.[Al+3].[CH3-]. The van der Waals surface area contributed by atoms with Crippen LogP contribution >= 0.6 is 0 Å². The summed E-state index contributed by atoms with van der Waals surface area (Å²) < 4.78 is 0. The summed E-state index contributed by atoms with van der Waals surface area (Å²) in [6, 6.07) is 50.0. The second kappa shape index (κ2) is 13.9. The predicted molar refractivity (Wildman–Crippen MR) is 211 cm³/mol. The molecule has 0 unspecified atom stereocenters. The van der Waals surface area contributed by atoms with Gasteiger partial charge in [0.1, 0.15) is 0 Å². The maximum atomic E-state index is 5.31. The van der Waals surface area contributed by atoms with Crippen molar-refractivity contribution in [3.05, 3.63) is 176 Å². The Morgan fingerprint density at radius 2 is 0.520 bits per heavy atom. The standard InChI is InChI=1S/C44H28N4.CH3.Al/c1-5-13-29(14-6-1)41-33-21-23-35(45-33)42(30-15-7-2-8-16-30)37-25-27-39(47-37)44(32-19-11-4-12-20-32)40-28-26-38(48-40)43(31-17-9-3-10-18-31)36-24-22-34(41)46-36;;/h1-28H;1H3;/q-2;-1;+3. The van der Waals surface area contributed by atoms with Crippen molar-refractivity contribution in [1.82, 2.24) is 19.9 Å². The third-order valence-electron chi connectivity index (χ3n) is 8.86. The second-order valence-corrected chi connectivity index (χ2v) is 11.8. The van der Waals surface area contributed by atoms with Crippen LogP contribution in [0.4, 0.5) is 0 Å². The Kier molecular flexibility index (Phi) is 9.02. The van der Waals surface area contributed by atoms with Gasteiger partial charge in [0.05, 0.1) is 22.8 Å². The summed E-state index contributed by atoms with van der Waals surface area (Å²) in [5.41, 5.74) is 15.0. The van der Waals surface area contributed by atoms with E-state index in [1.54, 1.807) is 0 Å². The van der Waals surface area contributed by atoms with Crippen molar-refractivity contribution < 1.29 is 0 Å². The van der Waals surface area contributed by atoms with Gasteiger partial charge in [-0.2, -0.15) is 0 Å². The Morgan fingerprint density at radius 1 is 0.300 bits per heavy atom. The van der Waals surface area contributed by atoms with Gasteiger partial charge in [-0.3, -0.25) is 0 Å². The average molecular weight is 655 g/mol. The molecule has 5 heteroatoms. The number of nitrogens with zero attached hydrogens (tertiary/aromatic N) is 4. The van der Waals surface area contributed by atoms with E-state index >= 15 is 0 Å². The number of hydrogen-bond acceptors (Lipinski definition) is 2. The molecule has 4 nitrogen and oxygen atoms in total. The maximum absolute atomic E-state index is 5.31. The molecule has 8 bridgehead atoms. The molecule has 0 atom stereocenters. The second-order valence-electron chi connectivity index (χ2n) is 11.8. The number of rotatable bonds is 4. The summed E-state index contributed by atoms with van der Waals surface area (Å²) in [4.78, 5) is 21.2. The van der Waals surface area contributed by atoms with Crippen molar-refractivity contribution >= 4 is 63.7 Å². The first-order valence-electron chi connectivity index (χ1n) is 16.1. The molecule has 0 saturated heterocycles. The Labute approximate surface area is 302 Å². The van der Waals surface area contributed by atoms with Crippen molar-refractivity contribution in [1.29, 1.82) is 0 Å². The van der Waals surface area contributed by atoms with E-state index in [-0.39, 0.29) is 24.8 Å². The molecule has 0 N–H and O–H groups in total. The third kappa shape index (κ3) is 5.84. The molecule has 0 fully saturated rings. The van der Waals surface area contributed by atoms with Crippen LogP contribution in [0.2, 0.25) is 0 Å². The Morgan fingerprint density at radius 3 is 0.740 bits per heavy atom. The van der Waals surface area contributed by atoms with E-state index in [9.17, 15) is 0 Å². The van der Waals surface area contributed by atoms with Crippen LogP contribution in [0, 0.1) is 7.43 Å². The molecule has 4 aromatic carbocycles. The molecule has 7 aromatic rings. The van der Waals surface area contributed by atoms with Gasteiger partial charge in [0.25, 0.3) is 0 Å². The summed E-state index contributed by atoms with van der Waals surface area (Å²) in [6.07, 6.45) is 8.41. The third-order valence-corrected chi connectivity index (χ3v) is 8.86. The van der Waals surface area contributed by atoms with Gasteiger partial charge in [-0.25, -0.2) is 9.97 Å². The van der Waals surface area contributed by atoms with E-state index in [1.165, 1.54) is 0 Å². The van der Waals surface area contributed by atoms with Gasteiger partial charge in [0.15, 0.2) is 0 Å². The molecule has 0 saturated carbocycles. The van der Waals surface area contributed by atoms with Crippen LogP contribution in [-0.2, 0) is 0 Å². The number of benzene rings is 4. The molecule has 0 amide bonds. The predicted octanol–water partition coefficient (Wildman–Crippen LogP) is 10.7. The average Bonchev–Trinajstić information content (AvgIpc) is 3.98. The summed E-state index contributed by atoms with van der Waals surface area (Å²) >= 11 is 0. The quantitative estimate of drug-likeness (QED) is 0.140. The number of hydrogen-bond donors (Lipinski definition) is 0.